The molecule has 0 bridgehead atoms. The number of unbranched alkanes of at least 4 members (excludes halogenated alkanes) is 1. The molecule has 1 saturated heterocycles. The first-order valence-corrected chi connectivity index (χ1v) is 9.61. The Hall–Kier alpha value is -1.58. The Kier molecular flexibility index (Phi) is 7.48. The van der Waals surface area contributed by atoms with E-state index in [4.69, 9.17) is 4.74 Å². The summed E-state index contributed by atoms with van der Waals surface area (Å²) in [5.41, 5.74) is 0.680. The van der Waals surface area contributed by atoms with E-state index in [1.807, 2.05) is 6.92 Å². The number of fused-ring (bicyclic) bond motifs is 1. The molecule has 1 fully saturated rings. The molecule has 0 atom stereocenters. The van der Waals surface area contributed by atoms with Gasteiger partial charge in [0.25, 0.3) is 0 Å². The number of esters is 1. The average Bonchev–Trinajstić information content (AvgIpc) is 2.67. The molecule has 0 aromatic heterocycles. The van der Waals surface area contributed by atoms with Crippen LogP contribution in [0.4, 0.5) is 0 Å². The van der Waals surface area contributed by atoms with Crippen LogP contribution < -0.4 is 0 Å². The number of hydrogen-bond acceptors (Lipinski definition) is 3. The van der Waals surface area contributed by atoms with Gasteiger partial charge in [-0.3, -0.25) is 4.79 Å². The molecule has 1 aliphatic heterocycles. The third kappa shape index (κ3) is 4.39. The molecule has 26 heavy (non-hydrogen) atoms. The van der Waals surface area contributed by atoms with Crippen LogP contribution in [0.25, 0.3) is 10.8 Å². The minimum Gasteiger partial charge on any atom is -0.454 e. The molecule has 2 aromatic rings. The summed E-state index contributed by atoms with van der Waals surface area (Å²) in [7, 11) is 0. The van der Waals surface area contributed by atoms with Crippen LogP contribution in [0.1, 0.15) is 51.5 Å². The number of piperidine rings is 1. The van der Waals surface area contributed by atoms with E-state index in [9.17, 15) is 4.79 Å². The molecular weight excluding hydrogens is 346 g/mol. The monoisotopic (exact) mass is 375 g/mol. The first-order valence-electron chi connectivity index (χ1n) is 9.61. The van der Waals surface area contributed by atoms with Crippen molar-refractivity contribution in [3.8, 4) is 0 Å². The van der Waals surface area contributed by atoms with Gasteiger partial charge in [-0.15, -0.1) is 12.4 Å². The highest BCUT2D eigenvalue weighted by atomic mass is 35.5. The summed E-state index contributed by atoms with van der Waals surface area (Å²) in [5.74, 6) is -0.102. The molecule has 3 rings (SSSR count). The molecule has 0 saturated carbocycles. The van der Waals surface area contributed by atoms with Crippen molar-refractivity contribution in [2.24, 2.45) is 0 Å². The van der Waals surface area contributed by atoms with E-state index in [1.165, 1.54) is 29.2 Å². The maximum Gasteiger partial charge on any atom is 0.306 e. The van der Waals surface area contributed by atoms with Gasteiger partial charge in [-0.05, 0) is 23.7 Å². The Labute approximate surface area is 163 Å². The van der Waals surface area contributed by atoms with Crippen molar-refractivity contribution in [1.82, 2.24) is 4.90 Å². The van der Waals surface area contributed by atoms with E-state index in [-0.39, 0.29) is 18.4 Å². The van der Waals surface area contributed by atoms with E-state index in [0.717, 1.165) is 32.5 Å². The van der Waals surface area contributed by atoms with Gasteiger partial charge in [-0.1, -0.05) is 62.7 Å². The molecule has 0 aliphatic carbocycles. The van der Waals surface area contributed by atoms with Crippen LogP contribution >= 0.6 is 12.4 Å². The van der Waals surface area contributed by atoms with Crippen LogP contribution in [0.15, 0.2) is 42.5 Å². The molecule has 0 unspecified atom stereocenters. The number of nitrogens with zero attached hydrogens (tertiary/aromatic N) is 1. The van der Waals surface area contributed by atoms with Gasteiger partial charge in [0.05, 0.1) is 0 Å². The van der Waals surface area contributed by atoms with Gasteiger partial charge >= 0.3 is 5.97 Å². The maximum absolute atomic E-state index is 12.2. The summed E-state index contributed by atoms with van der Waals surface area (Å²) in [4.78, 5) is 14.7. The number of carbonyl (C=O) groups excluding carboxylic acids is 1. The predicted molar refractivity (Wildman–Crippen MR) is 110 cm³/mol. The zero-order chi connectivity index (χ0) is 17.7. The minimum absolute atomic E-state index is 0. The summed E-state index contributed by atoms with van der Waals surface area (Å²) in [6.07, 6.45) is 4.62. The fourth-order valence-corrected chi connectivity index (χ4v) is 3.86. The van der Waals surface area contributed by atoms with E-state index in [1.54, 1.807) is 0 Å². The van der Waals surface area contributed by atoms with Crippen molar-refractivity contribution in [3.63, 3.8) is 0 Å². The van der Waals surface area contributed by atoms with Gasteiger partial charge in [0.15, 0.2) is 0 Å². The Morgan fingerprint density at radius 3 is 2.46 bits per heavy atom. The number of ether oxygens (including phenoxy) is 1. The number of rotatable bonds is 6. The molecule has 3 nitrogen and oxygen atoms in total. The van der Waals surface area contributed by atoms with Crippen molar-refractivity contribution >= 4 is 29.1 Å². The van der Waals surface area contributed by atoms with Crippen LogP contribution in [0.5, 0.6) is 0 Å². The predicted octanol–water partition coefficient (Wildman–Crippen LogP) is 5.31. The standard InChI is InChI=1S/C22H29NO2.ClH/c1-3-5-15-23-16-13-22(14-17-23,25-21(24)4-2)20-12-8-10-18-9-6-7-11-19(18)20;/h6-12H,3-5,13-17H2,1-2H3;1H. The van der Waals surface area contributed by atoms with E-state index < -0.39 is 5.60 Å². The summed E-state index contributed by atoms with van der Waals surface area (Å²) >= 11 is 0. The molecule has 4 heteroatoms. The third-order valence-electron chi connectivity index (χ3n) is 5.37. The van der Waals surface area contributed by atoms with E-state index in [0.29, 0.717) is 6.42 Å². The summed E-state index contributed by atoms with van der Waals surface area (Å²) in [6.45, 7) is 7.22. The highest BCUT2D eigenvalue weighted by Crippen LogP contribution is 2.40. The zero-order valence-corrected chi connectivity index (χ0v) is 16.7. The largest absolute Gasteiger partial charge is 0.454 e. The molecule has 1 heterocycles. The average molecular weight is 376 g/mol. The fourth-order valence-electron chi connectivity index (χ4n) is 3.86. The second kappa shape index (κ2) is 9.38. The molecule has 0 N–H and O–H groups in total. The van der Waals surface area contributed by atoms with Crippen LogP contribution in [0.3, 0.4) is 0 Å². The number of carbonyl (C=O) groups is 1. The lowest BCUT2D eigenvalue weighted by atomic mass is 9.81. The Morgan fingerprint density at radius 1 is 1.08 bits per heavy atom. The van der Waals surface area contributed by atoms with Crippen molar-refractivity contribution in [3.05, 3.63) is 48.0 Å². The third-order valence-corrected chi connectivity index (χ3v) is 5.37. The highest BCUT2D eigenvalue weighted by Gasteiger charge is 2.40. The second-order valence-corrected chi connectivity index (χ2v) is 7.04. The van der Waals surface area contributed by atoms with Crippen molar-refractivity contribution in [2.45, 2.75) is 51.6 Å². The quantitative estimate of drug-likeness (QED) is 0.641. The lowest BCUT2D eigenvalue weighted by molar-refractivity contribution is -0.166. The van der Waals surface area contributed by atoms with Crippen molar-refractivity contribution in [2.75, 3.05) is 19.6 Å². The smallest absolute Gasteiger partial charge is 0.306 e. The lowest BCUT2D eigenvalue weighted by Crippen LogP contribution is -2.45. The first-order chi connectivity index (χ1) is 12.2. The molecule has 0 spiro atoms. The Morgan fingerprint density at radius 2 is 1.77 bits per heavy atom. The molecule has 0 amide bonds. The van der Waals surface area contributed by atoms with Gasteiger partial charge in [0.1, 0.15) is 5.60 Å². The Bertz CT molecular complexity index is 718. The summed E-state index contributed by atoms with van der Waals surface area (Å²) in [6, 6.07) is 14.8. The van der Waals surface area contributed by atoms with E-state index in [2.05, 4.69) is 54.3 Å². The van der Waals surface area contributed by atoms with Gasteiger partial charge < -0.3 is 9.64 Å². The van der Waals surface area contributed by atoms with E-state index >= 15 is 0 Å². The summed E-state index contributed by atoms with van der Waals surface area (Å²) in [5, 5.41) is 2.41. The molecule has 2 aromatic carbocycles. The Balaban J connectivity index is 0.00000243. The highest BCUT2D eigenvalue weighted by molar-refractivity contribution is 5.87. The van der Waals surface area contributed by atoms with Crippen LogP contribution in [0, 0.1) is 0 Å². The normalized spacial score (nSPS) is 16.8. The van der Waals surface area contributed by atoms with Gasteiger partial charge in [0.2, 0.25) is 0 Å². The number of likely N-dealkylation sites (tertiary alicyclic amines) is 1. The zero-order valence-electron chi connectivity index (χ0n) is 15.9. The number of halogens is 1. The van der Waals surface area contributed by atoms with Crippen LogP contribution in [-0.4, -0.2) is 30.5 Å². The van der Waals surface area contributed by atoms with Crippen molar-refractivity contribution < 1.29 is 9.53 Å². The maximum atomic E-state index is 12.2. The SMILES string of the molecule is CCCCN1CCC(OC(=O)CC)(c2cccc3ccccc23)CC1.Cl. The number of hydrogen-bond donors (Lipinski definition) is 0. The van der Waals surface area contributed by atoms with Crippen LogP contribution in [0.2, 0.25) is 0 Å². The number of benzene rings is 2. The minimum atomic E-state index is -0.489. The van der Waals surface area contributed by atoms with Gasteiger partial charge in [-0.2, -0.15) is 0 Å². The van der Waals surface area contributed by atoms with Crippen LogP contribution in [-0.2, 0) is 15.1 Å². The molecule has 0 radical (unpaired) electrons. The molecule has 142 valence electrons. The second-order valence-electron chi connectivity index (χ2n) is 7.04. The first kappa shape index (κ1) is 20.7. The molecule has 1 aliphatic rings. The lowest BCUT2D eigenvalue weighted by Gasteiger charge is -2.42. The summed E-state index contributed by atoms with van der Waals surface area (Å²) < 4.78 is 6.11. The van der Waals surface area contributed by atoms with Gasteiger partial charge in [0, 0.05) is 37.9 Å². The van der Waals surface area contributed by atoms with Gasteiger partial charge in [-0.25, -0.2) is 0 Å². The van der Waals surface area contributed by atoms with Crippen molar-refractivity contribution in [1.29, 1.82) is 0 Å². The fraction of sp³-hybridized carbons (Fsp3) is 0.500. The molecular formula is C22H30ClNO2. The topological polar surface area (TPSA) is 29.5 Å².